The number of fused-ring (bicyclic) bond motifs is 1. The SMILES string of the molecule is CC(C)C[C@H](N)C(=O)N(C)[C@@H]1CC[C@H]2CN(S(=O)(=O)c3ccc(C(F)(F)F)cc3)C[C@H]21. The first kappa shape index (κ1) is 24.0. The monoisotopic (exact) mass is 461 g/mol. The third-order valence-corrected chi connectivity index (χ3v) is 8.34. The molecule has 31 heavy (non-hydrogen) atoms. The van der Waals surface area contributed by atoms with Gasteiger partial charge in [0, 0.05) is 26.2 Å². The van der Waals surface area contributed by atoms with Crippen molar-refractivity contribution < 1.29 is 26.4 Å². The lowest BCUT2D eigenvalue weighted by Gasteiger charge is -2.32. The summed E-state index contributed by atoms with van der Waals surface area (Å²) in [4.78, 5) is 14.3. The molecule has 2 N–H and O–H groups in total. The fourth-order valence-electron chi connectivity index (χ4n) is 4.87. The Morgan fingerprint density at radius 3 is 2.35 bits per heavy atom. The number of halogens is 3. The highest BCUT2D eigenvalue weighted by Gasteiger charge is 2.48. The number of carbonyl (C=O) groups is 1. The number of nitrogens with two attached hydrogens (primary N) is 1. The highest BCUT2D eigenvalue weighted by molar-refractivity contribution is 7.89. The molecular weight excluding hydrogens is 431 g/mol. The molecule has 6 nitrogen and oxygen atoms in total. The van der Waals surface area contributed by atoms with E-state index in [-0.39, 0.29) is 35.2 Å². The molecule has 0 aromatic heterocycles. The lowest BCUT2D eigenvalue weighted by molar-refractivity contribution is -0.137. The first-order valence-electron chi connectivity index (χ1n) is 10.5. The summed E-state index contributed by atoms with van der Waals surface area (Å²) >= 11 is 0. The van der Waals surface area contributed by atoms with Crippen molar-refractivity contribution in [2.24, 2.45) is 23.5 Å². The molecule has 1 saturated heterocycles. The first-order chi connectivity index (χ1) is 14.3. The van der Waals surface area contributed by atoms with E-state index in [9.17, 15) is 26.4 Å². The Balaban J connectivity index is 1.72. The molecular formula is C21H30F3N3O3S. The van der Waals surface area contributed by atoms with Crippen molar-refractivity contribution >= 4 is 15.9 Å². The van der Waals surface area contributed by atoms with Gasteiger partial charge in [0.05, 0.1) is 16.5 Å². The van der Waals surface area contributed by atoms with E-state index in [2.05, 4.69) is 0 Å². The second-order valence-corrected chi connectivity index (χ2v) is 11.0. The molecule has 1 aromatic carbocycles. The first-order valence-corrected chi connectivity index (χ1v) is 12.0. The normalized spacial score (nSPS) is 25.6. The topological polar surface area (TPSA) is 83.7 Å². The highest BCUT2D eigenvalue weighted by Crippen LogP contribution is 2.42. The molecule has 0 unspecified atom stereocenters. The van der Waals surface area contributed by atoms with Crippen LogP contribution in [0.4, 0.5) is 13.2 Å². The molecule has 1 aromatic rings. The Labute approximate surface area is 181 Å². The number of likely N-dealkylation sites (N-methyl/N-ethyl adjacent to an activating group) is 1. The maximum atomic E-state index is 13.0. The molecule has 10 heteroatoms. The van der Waals surface area contributed by atoms with E-state index in [1.54, 1.807) is 11.9 Å². The quantitative estimate of drug-likeness (QED) is 0.706. The fourth-order valence-corrected chi connectivity index (χ4v) is 6.41. The van der Waals surface area contributed by atoms with Gasteiger partial charge in [-0.3, -0.25) is 4.79 Å². The molecule has 4 atom stereocenters. The van der Waals surface area contributed by atoms with Gasteiger partial charge < -0.3 is 10.6 Å². The van der Waals surface area contributed by atoms with Gasteiger partial charge in [0.2, 0.25) is 15.9 Å². The summed E-state index contributed by atoms with van der Waals surface area (Å²) in [6, 6.07) is 2.90. The van der Waals surface area contributed by atoms with Crippen LogP contribution < -0.4 is 5.73 Å². The Bertz CT molecular complexity index is 903. The minimum absolute atomic E-state index is 0.00979. The van der Waals surface area contributed by atoms with Crippen molar-refractivity contribution in [3.05, 3.63) is 29.8 Å². The van der Waals surface area contributed by atoms with Crippen molar-refractivity contribution in [2.75, 3.05) is 20.1 Å². The maximum Gasteiger partial charge on any atom is 0.416 e. The number of amides is 1. The van der Waals surface area contributed by atoms with Crippen LogP contribution >= 0.6 is 0 Å². The zero-order valence-corrected chi connectivity index (χ0v) is 18.8. The number of hydrogen-bond acceptors (Lipinski definition) is 4. The lowest BCUT2D eigenvalue weighted by atomic mass is 9.96. The average molecular weight is 462 g/mol. The predicted octanol–water partition coefficient (Wildman–Crippen LogP) is 2.94. The minimum atomic E-state index is -4.52. The summed E-state index contributed by atoms with van der Waals surface area (Å²) in [7, 11) is -2.18. The highest BCUT2D eigenvalue weighted by atomic mass is 32.2. The summed E-state index contributed by atoms with van der Waals surface area (Å²) < 4.78 is 65.7. The molecule has 3 rings (SSSR count). The van der Waals surface area contributed by atoms with E-state index in [1.807, 2.05) is 13.8 Å². The molecule has 1 aliphatic carbocycles. The molecule has 1 saturated carbocycles. The van der Waals surface area contributed by atoms with E-state index in [1.165, 1.54) is 4.31 Å². The van der Waals surface area contributed by atoms with Crippen LogP contribution in [0.5, 0.6) is 0 Å². The zero-order valence-electron chi connectivity index (χ0n) is 18.0. The van der Waals surface area contributed by atoms with Crippen LogP contribution in [0.25, 0.3) is 0 Å². The van der Waals surface area contributed by atoms with Crippen LogP contribution in [0.3, 0.4) is 0 Å². The fraction of sp³-hybridized carbons (Fsp3) is 0.667. The van der Waals surface area contributed by atoms with Crippen molar-refractivity contribution in [3.63, 3.8) is 0 Å². The van der Waals surface area contributed by atoms with Crippen LogP contribution in [0.15, 0.2) is 29.2 Å². The molecule has 2 aliphatic rings. The third-order valence-electron chi connectivity index (χ3n) is 6.49. The van der Waals surface area contributed by atoms with Gasteiger partial charge in [-0.15, -0.1) is 0 Å². The smallest absolute Gasteiger partial charge is 0.341 e. The number of alkyl halides is 3. The van der Waals surface area contributed by atoms with Crippen LogP contribution in [0.2, 0.25) is 0 Å². The van der Waals surface area contributed by atoms with Crippen molar-refractivity contribution in [1.82, 2.24) is 9.21 Å². The third kappa shape index (κ3) is 4.90. The number of hydrogen-bond donors (Lipinski definition) is 1. The number of benzene rings is 1. The van der Waals surface area contributed by atoms with Crippen molar-refractivity contribution in [2.45, 2.75) is 56.3 Å². The summed E-state index contributed by atoms with van der Waals surface area (Å²) in [5, 5.41) is 0. The Morgan fingerprint density at radius 1 is 1.19 bits per heavy atom. The van der Waals surface area contributed by atoms with Crippen molar-refractivity contribution in [3.8, 4) is 0 Å². The van der Waals surface area contributed by atoms with Crippen LogP contribution in [0, 0.1) is 17.8 Å². The average Bonchev–Trinajstić information content (AvgIpc) is 3.27. The number of rotatable bonds is 6. The molecule has 0 radical (unpaired) electrons. The minimum Gasteiger partial charge on any atom is -0.341 e. The summed E-state index contributed by atoms with van der Waals surface area (Å²) in [6.07, 6.45) is -2.35. The molecule has 174 valence electrons. The Kier molecular flexibility index (Phi) is 6.74. The molecule has 1 amide bonds. The lowest BCUT2D eigenvalue weighted by Crippen LogP contribution is -2.49. The summed E-state index contributed by atoms with van der Waals surface area (Å²) in [6.45, 7) is 4.56. The second kappa shape index (κ2) is 8.71. The van der Waals surface area contributed by atoms with Gasteiger partial charge in [0.1, 0.15) is 0 Å². The van der Waals surface area contributed by atoms with Crippen LogP contribution in [0.1, 0.15) is 38.7 Å². The zero-order chi connectivity index (χ0) is 23.1. The van der Waals surface area contributed by atoms with E-state index in [0.29, 0.717) is 18.9 Å². The largest absolute Gasteiger partial charge is 0.416 e. The number of sulfonamides is 1. The van der Waals surface area contributed by atoms with Gasteiger partial charge in [-0.2, -0.15) is 17.5 Å². The summed E-state index contributed by atoms with van der Waals surface area (Å²) in [5.74, 6) is 0.262. The molecule has 0 bridgehead atoms. The van der Waals surface area contributed by atoms with Gasteiger partial charge in [-0.25, -0.2) is 8.42 Å². The van der Waals surface area contributed by atoms with Crippen molar-refractivity contribution in [1.29, 1.82) is 0 Å². The molecule has 1 heterocycles. The Hall–Kier alpha value is -1.65. The van der Waals surface area contributed by atoms with Gasteiger partial charge >= 0.3 is 6.18 Å². The van der Waals surface area contributed by atoms with Gasteiger partial charge in [0.15, 0.2) is 0 Å². The predicted molar refractivity (Wildman–Crippen MR) is 110 cm³/mol. The standard InChI is InChI=1S/C21H30F3N3O3S/c1-13(2)10-18(25)20(28)26(3)19-9-4-14-11-27(12-17(14)19)31(29,30)16-7-5-15(6-8-16)21(22,23)24/h5-8,13-14,17-19H,4,9-12,25H2,1-3H3/t14-,17+,18-,19+/m0/s1. The molecule has 2 fully saturated rings. The second-order valence-electron chi connectivity index (χ2n) is 9.10. The molecule has 0 spiro atoms. The van der Waals surface area contributed by atoms with Gasteiger partial charge in [-0.05, 0) is 61.3 Å². The van der Waals surface area contributed by atoms with E-state index in [0.717, 1.165) is 37.1 Å². The van der Waals surface area contributed by atoms with Gasteiger partial charge in [-0.1, -0.05) is 13.8 Å². The van der Waals surface area contributed by atoms with E-state index >= 15 is 0 Å². The van der Waals surface area contributed by atoms with Crippen LogP contribution in [-0.4, -0.2) is 55.8 Å². The summed E-state index contributed by atoms with van der Waals surface area (Å²) in [5.41, 5.74) is 5.18. The maximum absolute atomic E-state index is 13.0. The number of nitrogens with zero attached hydrogens (tertiary/aromatic N) is 2. The Morgan fingerprint density at radius 2 is 1.81 bits per heavy atom. The molecule has 1 aliphatic heterocycles. The van der Waals surface area contributed by atoms with E-state index in [4.69, 9.17) is 5.73 Å². The van der Waals surface area contributed by atoms with Gasteiger partial charge in [0.25, 0.3) is 0 Å². The van der Waals surface area contributed by atoms with E-state index < -0.39 is 27.8 Å². The number of carbonyl (C=O) groups excluding carboxylic acids is 1. The van der Waals surface area contributed by atoms with Crippen LogP contribution in [-0.2, 0) is 21.0 Å².